The van der Waals surface area contributed by atoms with Gasteiger partial charge in [-0.3, -0.25) is 4.79 Å². The van der Waals surface area contributed by atoms with Crippen LogP contribution >= 0.6 is 15.9 Å². The van der Waals surface area contributed by atoms with Crippen LogP contribution < -0.4 is 4.74 Å². The summed E-state index contributed by atoms with van der Waals surface area (Å²) in [5.41, 5.74) is 0. The van der Waals surface area contributed by atoms with Crippen LogP contribution in [-0.2, 0) is 4.79 Å². The molecule has 0 aromatic heterocycles. The topological polar surface area (TPSA) is 29.5 Å². The van der Waals surface area contributed by atoms with Crippen LogP contribution in [0.1, 0.15) is 13.8 Å². The van der Waals surface area contributed by atoms with Crippen molar-refractivity contribution in [3.63, 3.8) is 0 Å². The van der Waals surface area contributed by atoms with Crippen molar-refractivity contribution in [3.05, 3.63) is 28.5 Å². The molecular weight excluding hydrogens is 289 g/mol. The zero-order chi connectivity index (χ0) is 12.8. The van der Waals surface area contributed by atoms with Gasteiger partial charge in [0.25, 0.3) is 5.91 Å². The molecule has 5 heteroatoms. The predicted molar refractivity (Wildman–Crippen MR) is 67.5 cm³/mol. The van der Waals surface area contributed by atoms with Crippen molar-refractivity contribution in [2.75, 3.05) is 19.7 Å². The molecule has 1 aromatic rings. The Balaban J connectivity index is 2.55. The molecule has 1 aromatic carbocycles. The second-order valence-corrected chi connectivity index (χ2v) is 4.28. The first-order valence-electron chi connectivity index (χ1n) is 5.44. The minimum Gasteiger partial charge on any atom is -0.484 e. The molecule has 94 valence electrons. The van der Waals surface area contributed by atoms with Gasteiger partial charge in [0.15, 0.2) is 6.61 Å². The number of amides is 1. The molecule has 1 rings (SSSR count). The normalized spacial score (nSPS) is 10.1. The Kier molecular flexibility index (Phi) is 5.41. The number of likely N-dealkylation sites (N-methyl/N-ethyl adjacent to an activating group) is 1. The molecular formula is C12H15BrFNO2. The van der Waals surface area contributed by atoms with Crippen molar-refractivity contribution in [2.24, 2.45) is 0 Å². The largest absolute Gasteiger partial charge is 0.484 e. The fraction of sp³-hybridized carbons (Fsp3) is 0.417. The SMILES string of the molecule is CCN(CC)C(=O)COc1ccc(F)c(Br)c1. The summed E-state index contributed by atoms with van der Waals surface area (Å²) in [4.78, 5) is 13.3. The molecule has 0 aliphatic rings. The summed E-state index contributed by atoms with van der Waals surface area (Å²) >= 11 is 3.06. The lowest BCUT2D eigenvalue weighted by atomic mass is 10.3. The van der Waals surface area contributed by atoms with Crippen molar-refractivity contribution in [1.82, 2.24) is 4.90 Å². The average Bonchev–Trinajstić information content (AvgIpc) is 2.32. The summed E-state index contributed by atoms with van der Waals surface area (Å²) < 4.78 is 18.6. The number of carbonyl (C=O) groups excluding carboxylic acids is 1. The van der Waals surface area contributed by atoms with E-state index in [-0.39, 0.29) is 18.3 Å². The number of rotatable bonds is 5. The highest BCUT2D eigenvalue weighted by molar-refractivity contribution is 9.10. The second-order valence-electron chi connectivity index (χ2n) is 3.43. The number of hydrogen-bond acceptors (Lipinski definition) is 2. The quantitative estimate of drug-likeness (QED) is 0.837. The first-order chi connectivity index (χ1) is 8.08. The van der Waals surface area contributed by atoms with E-state index < -0.39 is 0 Å². The first kappa shape index (κ1) is 14.0. The van der Waals surface area contributed by atoms with Crippen LogP contribution in [0.5, 0.6) is 5.75 Å². The van der Waals surface area contributed by atoms with E-state index in [2.05, 4.69) is 15.9 Å². The maximum absolute atomic E-state index is 13.0. The molecule has 3 nitrogen and oxygen atoms in total. The number of ether oxygens (including phenoxy) is 1. The van der Waals surface area contributed by atoms with Gasteiger partial charge in [-0.15, -0.1) is 0 Å². The smallest absolute Gasteiger partial charge is 0.260 e. The lowest BCUT2D eigenvalue weighted by molar-refractivity contribution is -0.132. The van der Waals surface area contributed by atoms with Gasteiger partial charge in [0, 0.05) is 13.1 Å². The van der Waals surface area contributed by atoms with Crippen LogP contribution in [0.4, 0.5) is 4.39 Å². The van der Waals surface area contributed by atoms with Gasteiger partial charge in [-0.05, 0) is 48.0 Å². The van der Waals surface area contributed by atoms with Gasteiger partial charge in [-0.2, -0.15) is 0 Å². The molecule has 0 N–H and O–H groups in total. The molecule has 0 bridgehead atoms. The second kappa shape index (κ2) is 6.59. The molecule has 0 aliphatic carbocycles. The summed E-state index contributed by atoms with van der Waals surface area (Å²) in [6, 6.07) is 4.29. The van der Waals surface area contributed by atoms with Gasteiger partial charge in [0.2, 0.25) is 0 Å². The number of benzene rings is 1. The van der Waals surface area contributed by atoms with Gasteiger partial charge >= 0.3 is 0 Å². The van der Waals surface area contributed by atoms with Crippen LogP contribution in [0.25, 0.3) is 0 Å². The van der Waals surface area contributed by atoms with Crippen molar-refractivity contribution >= 4 is 21.8 Å². The number of hydrogen-bond donors (Lipinski definition) is 0. The molecule has 17 heavy (non-hydrogen) atoms. The first-order valence-corrected chi connectivity index (χ1v) is 6.23. The monoisotopic (exact) mass is 303 g/mol. The van der Waals surface area contributed by atoms with Gasteiger partial charge in [-0.25, -0.2) is 4.39 Å². The molecule has 1 amide bonds. The van der Waals surface area contributed by atoms with E-state index in [9.17, 15) is 9.18 Å². The van der Waals surface area contributed by atoms with E-state index in [1.807, 2.05) is 13.8 Å². The summed E-state index contributed by atoms with van der Waals surface area (Å²) in [5.74, 6) is 0.0432. The Labute approximate surface area is 109 Å². The van der Waals surface area contributed by atoms with Crippen LogP contribution in [-0.4, -0.2) is 30.5 Å². The minimum absolute atomic E-state index is 0.0280. The van der Waals surface area contributed by atoms with Gasteiger partial charge in [0.05, 0.1) is 4.47 Å². The van der Waals surface area contributed by atoms with Crippen LogP contribution in [0, 0.1) is 5.82 Å². The molecule has 0 aliphatic heterocycles. The third-order valence-electron chi connectivity index (χ3n) is 2.37. The van der Waals surface area contributed by atoms with Gasteiger partial charge in [0.1, 0.15) is 11.6 Å². The van der Waals surface area contributed by atoms with Crippen LogP contribution in [0.2, 0.25) is 0 Å². The van der Waals surface area contributed by atoms with Gasteiger partial charge in [-0.1, -0.05) is 0 Å². The van der Waals surface area contributed by atoms with Crippen molar-refractivity contribution in [3.8, 4) is 5.75 Å². The Bertz CT molecular complexity index is 394. The average molecular weight is 304 g/mol. The van der Waals surface area contributed by atoms with Crippen molar-refractivity contribution in [1.29, 1.82) is 0 Å². The third kappa shape index (κ3) is 4.00. The molecule has 0 radical (unpaired) electrons. The van der Waals surface area contributed by atoms with E-state index in [0.717, 1.165) is 0 Å². The zero-order valence-corrected chi connectivity index (χ0v) is 11.5. The highest BCUT2D eigenvalue weighted by Crippen LogP contribution is 2.21. The maximum atomic E-state index is 13.0. The van der Waals surface area contributed by atoms with E-state index in [0.29, 0.717) is 23.3 Å². The summed E-state index contributed by atoms with van der Waals surface area (Å²) in [6.45, 7) is 5.11. The zero-order valence-electron chi connectivity index (χ0n) is 9.87. The predicted octanol–water partition coefficient (Wildman–Crippen LogP) is 2.84. The lowest BCUT2D eigenvalue weighted by Crippen LogP contribution is -2.34. The fourth-order valence-electron chi connectivity index (χ4n) is 1.38. The molecule has 0 saturated carbocycles. The highest BCUT2D eigenvalue weighted by Gasteiger charge is 2.10. The maximum Gasteiger partial charge on any atom is 0.260 e. The van der Waals surface area contributed by atoms with Crippen molar-refractivity contribution in [2.45, 2.75) is 13.8 Å². The van der Waals surface area contributed by atoms with E-state index in [1.54, 1.807) is 4.90 Å². The van der Waals surface area contributed by atoms with E-state index in [4.69, 9.17) is 4.74 Å². The third-order valence-corrected chi connectivity index (χ3v) is 2.98. The number of carbonyl (C=O) groups is 1. The molecule has 0 unspecified atom stereocenters. The Morgan fingerprint density at radius 2 is 2.06 bits per heavy atom. The van der Waals surface area contributed by atoms with Crippen molar-refractivity contribution < 1.29 is 13.9 Å². The summed E-state index contributed by atoms with van der Waals surface area (Å²) in [6.07, 6.45) is 0. The van der Waals surface area contributed by atoms with Crippen LogP contribution in [0.15, 0.2) is 22.7 Å². The minimum atomic E-state index is -0.354. The highest BCUT2D eigenvalue weighted by atomic mass is 79.9. The number of nitrogens with zero attached hydrogens (tertiary/aromatic N) is 1. The molecule has 0 atom stereocenters. The van der Waals surface area contributed by atoms with Crippen LogP contribution in [0.3, 0.4) is 0 Å². The van der Waals surface area contributed by atoms with E-state index in [1.165, 1.54) is 18.2 Å². The lowest BCUT2D eigenvalue weighted by Gasteiger charge is -2.18. The van der Waals surface area contributed by atoms with Gasteiger partial charge < -0.3 is 9.64 Å². The summed E-state index contributed by atoms with van der Waals surface area (Å²) in [5, 5.41) is 0. The Hall–Kier alpha value is -1.10. The fourth-order valence-corrected chi connectivity index (χ4v) is 1.74. The molecule has 0 heterocycles. The van der Waals surface area contributed by atoms with E-state index >= 15 is 0 Å². The summed E-state index contributed by atoms with van der Waals surface area (Å²) in [7, 11) is 0. The molecule has 0 fully saturated rings. The molecule has 0 spiro atoms. The Morgan fingerprint density at radius 3 is 2.59 bits per heavy atom. The molecule has 0 saturated heterocycles. The standard InChI is InChI=1S/C12H15BrFNO2/c1-3-15(4-2)12(16)8-17-9-5-6-11(14)10(13)7-9/h5-7H,3-4,8H2,1-2H3. The Morgan fingerprint density at radius 1 is 1.41 bits per heavy atom. The number of halogens is 2.